The van der Waals surface area contributed by atoms with Gasteiger partial charge in [0.1, 0.15) is 11.2 Å². The molecule has 278 valence electrons. The van der Waals surface area contributed by atoms with Crippen LogP contribution in [0.15, 0.2) is 193 Å². The largest absolute Gasteiger partial charge is 0.456 e. The van der Waals surface area contributed by atoms with Gasteiger partial charge in [0.05, 0.1) is 33.3 Å². The first-order valence-electron chi connectivity index (χ1n) is 20.2. The summed E-state index contributed by atoms with van der Waals surface area (Å²) in [5.74, 6) is 0. The number of hydrogen-bond acceptors (Lipinski definition) is 3. The number of furan rings is 1. The number of rotatable bonds is 6. The molecule has 0 aliphatic heterocycles. The van der Waals surface area contributed by atoms with Gasteiger partial charge >= 0.3 is 0 Å². The maximum atomic E-state index is 6.48. The summed E-state index contributed by atoms with van der Waals surface area (Å²) in [6.45, 7) is 2.24. The lowest BCUT2D eigenvalue weighted by Crippen LogP contribution is -1.94. The average molecular weight is 757 g/mol. The van der Waals surface area contributed by atoms with E-state index in [4.69, 9.17) is 9.40 Å². The lowest BCUT2D eigenvalue weighted by molar-refractivity contribution is 0.669. The topological polar surface area (TPSA) is 48.8 Å². The molecule has 0 radical (unpaired) electrons. The van der Waals surface area contributed by atoms with Crippen molar-refractivity contribution < 1.29 is 4.42 Å². The number of hydrogen-bond donors (Lipinski definition) is 0. The summed E-state index contributed by atoms with van der Waals surface area (Å²) < 4.78 is 11.2. The molecule has 0 spiro atoms. The molecule has 12 aromatic rings. The van der Waals surface area contributed by atoms with Gasteiger partial charge in [-0.05, 0) is 131 Å². The minimum Gasteiger partial charge on any atom is -0.456 e. The SMILES string of the molecule is CCc1cccc2c1c1cc(-c3ccc4oc5ccc(-n6c7ccc(-c8ccccc8-c8ccccn8)cc7c7ncccc76)cc5c4c3)ccc1n2-c1ccccc1. The van der Waals surface area contributed by atoms with E-state index in [1.165, 1.54) is 38.6 Å². The third-order valence-electron chi connectivity index (χ3n) is 12.0. The second kappa shape index (κ2) is 13.2. The first kappa shape index (κ1) is 33.4. The molecule has 0 saturated carbocycles. The molecule has 5 nitrogen and oxygen atoms in total. The minimum atomic E-state index is 0.863. The van der Waals surface area contributed by atoms with Crippen LogP contribution in [-0.2, 0) is 6.42 Å². The van der Waals surface area contributed by atoms with Crippen molar-refractivity contribution >= 4 is 65.7 Å². The van der Waals surface area contributed by atoms with Crippen LogP contribution in [-0.4, -0.2) is 19.1 Å². The minimum absolute atomic E-state index is 0.863. The summed E-state index contributed by atoms with van der Waals surface area (Å²) in [5, 5.41) is 5.85. The summed E-state index contributed by atoms with van der Waals surface area (Å²) in [6, 6.07) is 62.9. The number of para-hydroxylation sites is 1. The highest BCUT2D eigenvalue weighted by Gasteiger charge is 2.19. The number of aromatic nitrogens is 4. The highest BCUT2D eigenvalue weighted by molar-refractivity contribution is 6.13. The third-order valence-corrected chi connectivity index (χ3v) is 12.0. The molecule has 0 N–H and O–H groups in total. The van der Waals surface area contributed by atoms with Crippen LogP contribution in [0.5, 0.6) is 0 Å². The molecule has 5 heterocycles. The van der Waals surface area contributed by atoms with Gasteiger partial charge in [-0.15, -0.1) is 0 Å². The van der Waals surface area contributed by atoms with Crippen LogP contribution in [0.4, 0.5) is 0 Å². The van der Waals surface area contributed by atoms with Crippen molar-refractivity contribution in [1.29, 1.82) is 0 Å². The normalized spacial score (nSPS) is 11.9. The van der Waals surface area contributed by atoms with Crippen molar-refractivity contribution in [3.05, 3.63) is 194 Å². The van der Waals surface area contributed by atoms with Gasteiger partial charge in [0.2, 0.25) is 0 Å². The second-order valence-corrected chi connectivity index (χ2v) is 15.3. The quantitative estimate of drug-likeness (QED) is 0.170. The number of fused-ring (bicyclic) bond motifs is 9. The predicted octanol–water partition coefficient (Wildman–Crippen LogP) is 14.1. The Labute approximate surface area is 340 Å². The molecule has 0 bridgehead atoms. The molecule has 0 amide bonds. The molecular weight excluding hydrogens is 721 g/mol. The number of benzene rings is 7. The van der Waals surface area contributed by atoms with E-state index in [0.717, 1.165) is 83.9 Å². The maximum Gasteiger partial charge on any atom is 0.135 e. The van der Waals surface area contributed by atoms with Crippen LogP contribution in [0, 0.1) is 0 Å². The molecule has 0 saturated heterocycles. The van der Waals surface area contributed by atoms with Gasteiger partial charge in [-0.25, -0.2) is 0 Å². The smallest absolute Gasteiger partial charge is 0.135 e. The Morgan fingerprint density at radius 3 is 1.93 bits per heavy atom. The van der Waals surface area contributed by atoms with E-state index in [1.54, 1.807) is 0 Å². The third kappa shape index (κ3) is 5.18. The summed E-state index contributed by atoms with van der Waals surface area (Å²) in [5.41, 5.74) is 17.5. The summed E-state index contributed by atoms with van der Waals surface area (Å²) in [6.07, 6.45) is 4.70. The predicted molar refractivity (Wildman–Crippen MR) is 244 cm³/mol. The fourth-order valence-electron chi connectivity index (χ4n) is 9.32. The highest BCUT2D eigenvalue weighted by atomic mass is 16.3. The van der Waals surface area contributed by atoms with Crippen molar-refractivity contribution in [3.63, 3.8) is 0 Å². The maximum absolute atomic E-state index is 6.48. The van der Waals surface area contributed by atoms with E-state index < -0.39 is 0 Å². The van der Waals surface area contributed by atoms with Gasteiger partial charge in [0.15, 0.2) is 0 Å². The van der Waals surface area contributed by atoms with E-state index >= 15 is 0 Å². The summed E-state index contributed by atoms with van der Waals surface area (Å²) in [7, 11) is 0. The Morgan fingerprint density at radius 1 is 0.441 bits per heavy atom. The summed E-state index contributed by atoms with van der Waals surface area (Å²) >= 11 is 0. The molecule has 7 aromatic carbocycles. The fraction of sp³-hybridized carbons (Fsp3) is 0.0370. The Hall–Kier alpha value is -7.76. The van der Waals surface area contributed by atoms with E-state index in [1.807, 2.05) is 30.6 Å². The Morgan fingerprint density at radius 2 is 1.10 bits per heavy atom. The second-order valence-electron chi connectivity index (χ2n) is 15.3. The molecule has 0 atom stereocenters. The van der Waals surface area contributed by atoms with Crippen LogP contribution in [0.3, 0.4) is 0 Å². The van der Waals surface area contributed by atoms with Gasteiger partial charge in [0.25, 0.3) is 0 Å². The van der Waals surface area contributed by atoms with Crippen molar-refractivity contribution in [2.24, 2.45) is 0 Å². The van der Waals surface area contributed by atoms with Crippen molar-refractivity contribution in [3.8, 4) is 44.9 Å². The van der Waals surface area contributed by atoms with Gasteiger partial charge in [-0.2, -0.15) is 0 Å². The number of aryl methyl sites for hydroxylation is 1. The van der Waals surface area contributed by atoms with Gasteiger partial charge in [0, 0.05) is 56.3 Å². The lowest BCUT2D eigenvalue weighted by atomic mass is 9.96. The Balaban J connectivity index is 1.00. The molecule has 59 heavy (non-hydrogen) atoms. The van der Waals surface area contributed by atoms with Crippen LogP contribution in [0.2, 0.25) is 0 Å². The molecule has 5 aromatic heterocycles. The van der Waals surface area contributed by atoms with Crippen LogP contribution < -0.4 is 0 Å². The van der Waals surface area contributed by atoms with Crippen molar-refractivity contribution in [1.82, 2.24) is 19.1 Å². The fourth-order valence-corrected chi connectivity index (χ4v) is 9.32. The van der Waals surface area contributed by atoms with Crippen LogP contribution in [0.25, 0.3) is 111 Å². The average Bonchev–Trinajstić information content (AvgIpc) is 3.96. The van der Waals surface area contributed by atoms with E-state index in [9.17, 15) is 0 Å². The standard InChI is InChI=1S/C54H36N4O/c1-2-34-12-10-18-49-53(34)44-31-35(20-24-47(44)57(49)38-13-4-3-5-14-38)36-22-26-51-42(30-36)43-33-39(23-27-52(43)59-51)58-48-25-21-37(32-45(48)54-50(58)19-11-29-56-54)40-15-6-7-16-41(40)46-17-8-9-28-55-46/h3-33H,2H2,1H3. The summed E-state index contributed by atoms with van der Waals surface area (Å²) in [4.78, 5) is 9.61. The van der Waals surface area contributed by atoms with Crippen molar-refractivity contribution in [2.75, 3.05) is 0 Å². The van der Waals surface area contributed by atoms with Gasteiger partial charge in [-0.1, -0.05) is 85.8 Å². The molecule has 0 aliphatic carbocycles. The molecule has 5 heteroatoms. The van der Waals surface area contributed by atoms with Gasteiger partial charge < -0.3 is 13.6 Å². The van der Waals surface area contributed by atoms with E-state index in [2.05, 4.69) is 179 Å². The van der Waals surface area contributed by atoms with E-state index in [0.29, 0.717) is 0 Å². The molecular formula is C54H36N4O. The zero-order chi connectivity index (χ0) is 39.0. The van der Waals surface area contributed by atoms with Gasteiger partial charge in [-0.3, -0.25) is 9.97 Å². The monoisotopic (exact) mass is 756 g/mol. The Bertz CT molecular complexity index is 3590. The van der Waals surface area contributed by atoms with Crippen LogP contribution in [0.1, 0.15) is 12.5 Å². The lowest BCUT2D eigenvalue weighted by Gasteiger charge is -2.11. The molecule has 0 aliphatic rings. The van der Waals surface area contributed by atoms with E-state index in [-0.39, 0.29) is 0 Å². The van der Waals surface area contributed by atoms with Crippen molar-refractivity contribution in [2.45, 2.75) is 13.3 Å². The zero-order valence-corrected chi connectivity index (χ0v) is 32.3. The van der Waals surface area contributed by atoms with Crippen LogP contribution >= 0.6 is 0 Å². The number of nitrogens with zero attached hydrogens (tertiary/aromatic N) is 4. The first-order chi connectivity index (χ1) is 29.2. The zero-order valence-electron chi connectivity index (χ0n) is 32.3. The molecule has 0 fully saturated rings. The first-order valence-corrected chi connectivity index (χ1v) is 20.2. The molecule has 0 unspecified atom stereocenters. The highest BCUT2D eigenvalue weighted by Crippen LogP contribution is 2.41. The Kier molecular flexibility index (Phi) is 7.44. The molecule has 12 rings (SSSR count). The number of pyridine rings is 2.